The van der Waals surface area contributed by atoms with Gasteiger partial charge in [-0.05, 0) is 46.5 Å². The lowest BCUT2D eigenvalue weighted by molar-refractivity contribution is 0.480. The van der Waals surface area contributed by atoms with Gasteiger partial charge in [-0.3, -0.25) is 0 Å². The largest absolute Gasteiger partial charge is 0.543 e. The van der Waals surface area contributed by atoms with E-state index < -0.39 is 8.32 Å². The Kier molecular flexibility index (Phi) is 6.25. The fourth-order valence-electron chi connectivity index (χ4n) is 4.08. The van der Waals surface area contributed by atoms with E-state index in [4.69, 9.17) is 9.69 Å². The van der Waals surface area contributed by atoms with Gasteiger partial charge in [-0.2, -0.15) is 5.26 Å². The van der Waals surface area contributed by atoms with Crippen molar-refractivity contribution >= 4 is 8.32 Å². The van der Waals surface area contributed by atoms with Crippen molar-refractivity contribution in [2.75, 3.05) is 0 Å². The van der Waals surface area contributed by atoms with Crippen LogP contribution in [0.5, 0.6) is 5.75 Å². The van der Waals surface area contributed by atoms with Crippen LogP contribution in [0.2, 0.25) is 16.6 Å². The summed E-state index contributed by atoms with van der Waals surface area (Å²) in [5.41, 5.74) is 3.10. The molecule has 2 nitrogen and oxygen atoms in total. The Balaban J connectivity index is 2.33. The minimum atomic E-state index is -2.00. The summed E-state index contributed by atoms with van der Waals surface area (Å²) in [6.45, 7) is 13.5. The first-order chi connectivity index (χ1) is 12.2. The Morgan fingerprint density at radius 1 is 0.885 bits per heavy atom. The maximum Gasteiger partial charge on any atom is 0.258 e. The summed E-state index contributed by atoms with van der Waals surface area (Å²) in [6, 6.07) is 14.2. The van der Waals surface area contributed by atoms with Crippen LogP contribution in [-0.2, 0) is 0 Å². The lowest BCUT2D eigenvalue weighted by atomic mass is 10.0. The van der Waals surface area contributed by atoms with Gasteiger partial charge in [0.1, 0.15) is 11.6 Å². The molecule has 2 aromatic carbocycles. The summed E-state index contributed by atoms with van der Waals surface area (Å²) >= 11 is 0. The highest BCUT2D eigenvalue weighted by atomic mass is 28.4. The average molecular weight is 370 g/mol. The van der Waals surface area contributed by atoms with Crippen LogP contribution >= 0.6 is 0 Å². The SMILES string of the molecule is CC(C)[Si](Oc1ccc(-c2ccc(C#N)cc2F)cc1)(C(C)C)C(C)C. The Bertz CT molecular complexity index is 769. The fraction of sp³-hybridized carbons (Fsp3) is 0.409. The van der Waals surface area contributed by atoms with E-state index in [0.717, 1.165) is 11.3 Å². The normalized spacial score (nSPS) is 11.9. The molecule has 0 fully saturated rings. The molecule has 0 saturated carbocycles. The van der Waals surface area contributed by atoms with Gasteiger partial charge < -0.3 is 4.43 Å². The van der Waals surface area contributed by atoms with Crippen molar-refractivity contribution in [1.82, 2.24) is 0 Å². The zero-order valence-electron chi connectivity index (χ0n) is 16.5. The van der Waals surface area contributed by atoms with E-state index in [2.05, 4.69) is 41.5 Å². The predicted octanol–water partition coefficient (Wildman–Crippen LogP) is 6.92. The molecule has 0 aliphatic carbocycles. The number of benzene rings is 2. The number of halogens is 1. The Hall–Kier alpha value is -2.12. The molecule has 0 bridgehead atoms. The molecule has 4 heteroatoms. The molecular formula is C22H28FNOSi. The fourth-order valence-corrected chi connectivity index (χ4v) is 9.33. The standard InChI is InChI=1S/C22H28FNOSi/c1-15(2)26(16(3)4,17(5)6)25-20-10-8-19(9-11-20)21-12-7-18(14-24)13-22(21)23/h7-13,15-17H,1-6H3. The van der Waals surface area contributed by atoms with E-state index in [-0.39, 0.29) is 5.82 Å². The zero-order valence-corrected chi connectivity index (χ0v) is 17.5. The second-order valence-electron chi connectivity index (χ2n) is 7.75. The van der Waals surface area contributed by atoms with Crippen molar-refractivity contribution in [3.05, 3.63) is 53.8 Å². The molecule has 0 aliphatic heterocycles. The van der Waals surface area contributed by atoms with Gasteiger partial charge in [0.05, 0.1) is 11.6 Å². The lowest BCUT2D eigenvalue weighted by Crippen LogP contribution is -2.50. The number of hydrogen-bond acceptors (Lipinski definition) is 2. The maximum absolute atomic E-state index is 14.2. The summed E-state index contributed by atoms with van der Waals surface area (Å²) in [6.07, 6.45) is 0. The molecule has 2 aromatic rings. The predicted molar refractivity (Wildman–Crippen MR) is 108 cm³/mol. The molecule has 0 radical (unpaired) electrons. The number of rotatable bonds is 6. The molecular weight excluding hydrogens is 341 g/mol. The minimum absolute atomic E-state index is 0.327. The summed E-state index contributed by atoms with van der Waals surface area (Å²) in [7, 11) is -2.00. The summed E-state index contributed by atoms with van der Waals surface area (Å²) < 4.78 is 20.9. The quantitative estimate of drug-likeness (QED) is 0.518. The van der Waals surface area contributed by atoms with E-state index in [9.17, 15) is 4.39 Å². The van der Waals surface area contributed by atoms with Crippen LogP contribution in [0.1, 0.15) is 47.1 Å². The molecule has 0 N–H and O–H groups in total. The average Bonchev–Trinajstić information content (AvgIpc) is 2.59. The topological polar surface area (TPSA) is 33.0 Å². The van der Waals surface area contributed by atoms with Crippen molar-refractivity contribution in [1.29, 1.82) is 5.26 Å². The molecule has 0 saturated heterocycles. The molecule has 2 rings (SSSR count). The second kappa shape index (κ2) is 8.05. The van der Waals surface area contributed by atoms with Gasteiger partial charge >= 0.3 is 0 Å². The molecule has 26 heavy (non-hydrogen) atoms. The van der Waals surface area contributed by atoms with Crippen molar-refractivity contribution < 1.29 is 8.82 Å². The third-order valence-electron chi connectivity index (χ3n) is 5.27. The highest BCUT2D eigenvalue weighted by Gasteiger charge is 2.46. The molecule has 0 unspecified atom stereocenters. The van der Waals surface area contributed by atoms with Crippen LogP contribution < -0.4 is 4.43 Å². The molecule has 0 aromatic heterocycles. The number of hydrogen-bond donors (Lipinski definition) is 0. The van der Waals surface area contributed by atoms with Crippen molar-refractivity contribution in [3.63, 3.8) is 0 Å². The highest BCUT2D eigenvalue weighted by Crippen LogP contribution is 2.43. The molecule has 0 atom stereocenters. The van der Waals surface area contributed by atoms with Crippen molar-refractivity contribution in [2.24, 2.45) is 0 Å². The molecule has 138 valence electrons. The van der Waals surface area contributed by atoms with Crippen LogP contribution in [-0.4, -0.2) is 8.32 Å². The Morgan fingerprint density at radius 2 is 1.42 bits per heavy atom. The van der Waals surface area contributed by atoms with Crippen LogP contribution in [0.25, 0.3) is 11.1 Å². The van der Waals surface area contributed by atoms with E-state index in [0.29, 0.717) is 27.8 Å². The number of nitriles is 1. The molecule has 0 spiro atoms. The second-order valence-corrected chi connectivity index (χ2v) is 13.1. The third kappa shape index (κ3) is 3.83. The Morgan fingerprint density at radius 3 is 1.85 bits per heavy atom. The molecule has 0 heterocycles. The van der Waals surface area contributed by atoms with Gasteiger partial charge in [0.25, 0.3) is 8.32 Å². The first-order valence-electron chi connectivity index (χ1n) is 9.21. The highest BCUT2D eigenvalue weighted by molar-refractivity contribution is 6.78. The smallest absolute Gasteiger partial charge is 0.258 e. The minimum Gasteiger partial charge on any atom is -0.543 e. The summed E-state index contributed by atoms with van der Waals surface area (Å²) in [5.74, 6) is 0.471. The maximum atomic E-state index is 14.2. The van der Waals surface area contributed by atoms with E-state index in [1.165, 1.54) is 6.07 Å². The van der Waals surface area contributed by atoms with Crippen molar-refractivity contribution in [3.8, 4) is 22.9 Å². The van der Waals surface area contributed by atoms with Gasteiger partial charge in [0, 0.05) is 5.56 Å². The van der Waals surface area contributed by atoms with E-state index in [1.54, 1.807) is 12.1 Å². The lowest BCUT2D eigenvalue weighted by Gasteiger charge is -2.42. The van der Waals surface area contributed by atoms with Crippen LogP contribution in [0.3, 0.4) is 0 Å². The third-order valence-corrected chi connectivity index (χ3v) is 11.3. The summed E-state index contributed by atoms with van der Waals surface area (Å²) in [4.78, 5) is 0. The van der Waals surface area contributed by atoms with Crippen LogP contribution in [0, 0.1) is 17.1 Å². The van der Waals surface area contributed by atoms with Crippen LogP contribution in [0.15, 0.2) is 42.5 Å². The number of nitrogens with zero attached hydrogens (tertiary/aromatic N) is 1. The first-order valence-corrected chi connectivity index (χ1v) is 11.4. The Labute approximate surface area is 157 Å². The van der Waals surface area contributed by atoms with Gasteiger partial charge in [-0.25, -0.2) is 4.39 Å². The molecule has 0 aliphatic rings. The van der Waals surface area contributed by atoms with E-state index in [1.807, 2.05) is 30.3 Å². The van der Waals surface area contributed by atoms with E-state index >= 15 is 0 Å². The van der Waals surface area contributed by atoms with Gasteiger partial charge in [-0.15, -0.1) is 0 Å². The van der Waals surface area contributed by atoms with Gasteiger partial charge in [0.15, 0.2) is 0 Å². The monoisotopic (exact) mass is 369 g/mol. The van der Waals surface area contributed by atoms with Gasteiger partial charge in [0.2, 0.25) is 0 Å². The van der Waals surface area contributed by atoms with Gasteiger partial charge in [-0.1, -0.05) is 59.7 Å². The van der Waals surface area contributed by atoms with Crippen molar-refractivity contribution in [2.45, 2.75) is 58.2 Å². The summed E-state index contributed by atoms with van der Waals surface area (Å²) in [5, 5.41) is 8.87. The molecule has 0 amide bonds. The zero-order chi connectivity index (χ0) is 19.5. The van der Waals surface area contributed by atoms with Crippen LogP contribution in [0.4, 0.5) is 4.39 Å². The first kappa shape index (κ1) is 20.2.